The standard InChI is InChI=1S/C18H39N3O2Si2/c1-17(2,3)24(8,9)22-12-14-15(21(7)16(19)20-14)13-23-25(10,11)18(4,5)6/h12-13H2,1-11H3,(H2,19,20). The predicted molar refractivity (Wildman–Crippen MR) is 112 cm³/mol. The first-order valence-electron chi connectivity index (χ1n) is 9.07. The minimum Gasteiger partial charge on any atom is -0.411 e. The Hall–Kier alpha value is -0.636. The summed E-state index contributed by atoms with van der Waals surface area (Å²) in [5.41, 5.74) is 7.99. The molecule has 0 unspecified atom stereocenters. The molecule has 0 aromatic carbocycles. The molecule has 0 bridgehead atoms. The summed E-state index contributed by atoms with van der Waals surface area (Å²) in [5, 5.41) is 0.347. The zero-order chi connectivity index (χ0) is 19.8. The summed E-state index contributed by atoms with van der Waals surface area (Å²) in [6, 6.07) is 0. The lowest BCUT2D eigenvalue weighted by atomic mass is 10.2. The zero-order valence-electron chi connectivity index (χ0n) is 18.2. The van der Waals surface area contributed by atoms with Crippen LogP contribution in [0, 0.1) is 0 Å². The number of imidazole rings is 1. The summed E-state index contributed by atoms with van der Waals surface area (Å²) < 4.78 is 14.7. The van der Waals surface area contributed by atoms with E-state index in [0.29, 0.717) is 19.2 Å². The fraction of sp³-hybridized carbons (Fsp3) is 0.833. The largest absolute Gasteiger partial charge is 0.411 e. The fourth-order valence-electron chi connectivity index (χ4n) is 1.84. The Kier molecular flexibility index (Phi) is 6.43. The molecule has 0 spiro atoms. The molecule has 25 heavy (non-hydrogen) atoms. The van der Waals surface area contributed by atoms with Crippen LogP contribution in [0.1, 0.15) is 52.9 Å². The SMILES string of the molecule is Cn1c(N)nc(CO[Si](C)(C)C(C)(C)C)c1CO[Si](C)(C)C(C)(C)C. The summed E-state index contributed by atoms with van der Waals surface area (Å²) in [7, 11) is -1.71. The van der Waals surface area contributed by atoms with E-state index in [1.54, 1.807) is 0 Å². The summed E-state index contributed by atoms with van der Waals surface area (Å²) in [6.07, 6.45) is 0. The molecule has 1 aromatic rings. The minimum atomic E-state index is -1.83. The molecule has 0 aliphatic carbocycles. The predicted octanol–water partition coefficient (Wildman–Crippen LogP) is 5.05. The van der Waals surface area contributed by atoms with E-state index in [4.69, 9.17) is 14.6 Å². The van der Waals surface area contributed by atoms with Gasteiger partial charge in [0.15, 0.2) is 16.6 Å². The molecule has 0 amide bonds. The van der Waals surface area contributed by atoms with Gasteiger partial charge in [0.1, 0.15) is 0 Å². The summed E-state index contributed by atoms with van der Waals surface area (Å²) in [5.74, 6) is 0.516. The van der Waals surface area contributed by atoms with Crippen molar-refractivity contribution >= 4 is 22.6 Å². The van der Waals surface area contributed by atoms with Crippen molar-refractivity contribution in [3.05, 3.63) is 11.4 Å². The van der Waals surface area contributed by atoms with E-state index in [2.05, 4.69) is 72.7 Å². The van der Waals surface area contributed by atoms with Crippen molar-refractivity contribution in [2.45, 2.75) is 91.0 Å². The van der Waals surface area contributed by atoms with Gasteiger partial charge in [0.05, 0.1) is 24.6 Å². The molecule has 1 aromatic heterocycles. The van der Waals surface area contributed by atoms with Crippen molar-refractivity contribution in [3.8, 4) is 0 Å². The van der Waals surface area contributed by atoms with Crippen LogP contribution >= 0.6 is 0 Å². The number of anilines is 1. The lowest BCUT2D eigenvalue weighted by Gasteiger charge is -2.37. The monoisotopic (exact) mass is 385 g/mol. The third kappa shape index (κ3) is 5.18. The van der Waals surface area contributed by atoms with Gasteiger partial charge in [0.2, 0.25) is 5.95 Å². The van der Waals surface area contributed by atoms with Crippen LogP contribution in [0.2, 0.25) is 36.3 Å². The molecule has 2 N–H and O–H groups in total. The number of hydrogen-bond donors (Lipinski definition) is 1. The first kappa shape index (κ1) is 22.4. The van der Waals surface area contributed by atoms with Gasteiger partial charge in [-0.3, -0.25) is 0 Å². The molecule has 0 saturated carbocycles. The highest BCUT2D eigenvalue weighted by atomic mass is 28.4. The smallest absolute Gasteiger partial charge is 0.200 e. The van der Waals surface area contributed by atoms with E-state index in [0.717, 1.165) is 11.4 Å². The molecule has 5 nitrogen and oxygen atoms in total. The van der Waals surface area contributed by atoms with Gasteiger partial charge in [-0.15, -0.1) is 0 Å². The number of rotatable bonds is 6. The van der Waals surface area contributed by atoms with Crippen molar-refractivity contribution < 1.29 is 8.85 Å². The molecule has 0 fully saturated rings. The molecule has 0 atom stereocenters. The van der Waals surface area contributed by atoms with Gasteiger partial charge in [-0.1, -0.05) is 41.5 Å². The first-order valence-corrected chi connectivity index (χ1v) is 14.9. The van der Waals surface area contributed by atoms with Crippen LogP contribution in [0.5, 0.6) is 0 Å². The molecule has 0 aliphatic heterocycles. The first-order chi connectivity index (χ1) is 11.0. The van der Waals surface area contributed by atoms with Crippen molar-refractivity contribution in [3.63, 3.8) is 0 Å². The molecule has 0 aliphatic rings. The highest BCUT2D eigenvalue weighted by Gasteiger charge is 2.39. The lowest BCUT2D eigenvalue weighted by molar-refractivity contribution is 0.250. The third-order valence-electron chi connectivity index (χ3n) is 6.08. The normalized spacial score (nSPS) is 14.2. The second-order valence-electron chi connectivity index (χ2n) is 10.0. The number of nitrogen functional groups attached to an aromatic ring is 1. The molecule has 1 heterocycles. The zero-order valence-corrected chi connectivity index (χ0v) is 20.2. The van der Waals surface area contributed by atoms with E-state index >= 15 is 0 Å². The summed E-state index contributed by atoms with van der Waals surface area (Å²) in [4.78, 5) is 4.53. The van der Waals surface area contributed by atoms with E-state index in [9.17, 15) is 0 Å². The van der Waals surface area contributed by atoms with Gasteiger partial charge >= 0.3 is 0 Å². The Labute approximate surface area is 156 Å². The van der Waals surface area contributed by atoms with Gasteiger partial charge in [-0.2, -0.15) is 0 Å². The highest BCUT2D eigenvalue weighted by Crippen LogP contribution is 2.38. The third-order valence-corrected chi connectivity index (χ3v) is 15.0. The maximum atomic E-state index is 6.39. The second kappa shape index (κ2) is 7.17. The molecule has 7 heteroatoms. The van der Waals surface area contributed by atoms with Gasteiger partial charge < -0.3 is 19.2 Å². The van der Waals surface area contributed by atoms with Gasteiger partial charge in [0.25, 0.3) is 0 Å². The lowest BCUT2D eigenvalue weighted by Crippen LogP contribution is -2.41. The molecule has 0 saturated heterocycles. The van der Waals surface area contributed by atoms with Crippen LogP contribution in [0.25, 0.3) is 0 Å². The average molecular weight is 386 g/mol. The topological polar surface area (TPSA) is 62.3 Å². The number of hydrogen-bond acceptors (Lipinski definition) is 4. The van der Waals surface area contributed by atoms with Crippen LogP contribution < -0.4 is 5.73 Å². The molecule has 146 valence electrons. The van der Waals surface area contributed by atoms with E-state index < -0.39 is 16.6 Å². The Morgan fingerprint density at radius 3 is 1.68 bits per heavy atom. The fourth-order valence-corrected chi connectivity index (χ4v) is 3.70. The van der Waals surface area contributed by atoms with E-state index in [-0.39, 0.29) is 10.1 Å². The Morgan fingerprint density at radius 1 is 0.880 bits per heavy atom. The maximum absolute atomic E-state index is 6.39. The Bertz CT molecular complexity index is 597. The van der Waals surface area contributed by atoms with Crippen LogP contribution in [0.3, 0.4) is 0 Å². The Balaban J connectivity index is 2.96. The maximum Gasteiger partial charge on any atom is 0.200 e. The highest BCUT2D eigenvalue weighted by molar-refractivity contribution is 6.74. The summed E-state index contributed by atoms with van der Waals surface area (Å²) in [6.45, 7) is 23.5. The van der Waals surface area contributed by atoms with E-state index in [1.807, 2.05) is 11.6 Å². The van der Waals surface area contributed by atoms with E-state index in [1.165, 1.54) is 0 Å². The van der Waals surface area contributed by atoms with Crippen LogP contribution in [0.15, 0.2) is 0 Å². The number of aromatic nitrogens is 2. The number of nitrogens with two attached hydrogens (primary N) is 1. The van der Waals surface area contributed by atoms with Crippen molar-refractivity contribution in [1.29, 1.82) is 0 Å². The summed E-state index contributed by atoms with van der Waals surface area (Å²) >= 11 is 0. The second-order valence-corrected chi connectivity index (χ2v) is 19.6. The number of nitrogens with zero attached hydrogens (tertiary/aromatic N) is 2. The molecule has 0 radical (unpaired) electrons. The van der Waals surface area contributed by atoms with Crippen LogP contribution in [-0.2, 0) is 29.1 Å². The van der Waals surface area contributed by atoms with Crippen molar-refractivity contribution in [2.24, 2.45) is 7.05 Å². The van der Waals surface area contributed by atoms with Crippen LogP contribution in [-0.4, -0.2) is 26.2 Å². The van der Waals surface area contributed by atoms with Crippen molar-refractivity contribution in [1.82, 2.24) is 9.55 Å². The van der Waals surface area contributed by atoms with Gasteiger partial charge in [0, 0.05) is 7.05 Å². The molecular weight excluding hydrogens is 346 g/mol. The Morgan fingerprint density at radius 2 is 1.28 bits per heavy atom. The van der Waals surface area contributed by atoms with Gasteiger partial charge in [-0.25, -0.2) is 4.98 Å². The molecular formula is C18H39N3O2Si2. The van der Waals surface area contributed by atoms with Crippen LogP contribution in [0.4, 0.5) is 5.95 Å². The van der Waals surface area contributed by atoms with Gasteiger partial charge in [-0.05, 0) is 36.3 Å². The quantitative estimate of drug-likeness (QED) is 0.696. The molecule has 1 rings (SSSR count). The minimum absolute atomic E-state index is 0.172. The average Bonchev–Trinajstić information content (AvgIpc) is 2.67. The van der Waals surface area contributed by atoms with Crippen molar-refractivity contribution in [2.75, 3.05) is 5.73 Å².